The average Bonchev–Trinajstić information content (AvgIpc) is 3.19. The van der Waals surface area contributed by atoms with Crippen LogP contribution >= 0.6 is 0 Å². The van der Waals surface area contributed by atoms with Crippen LogP contribution in [0.2, 0.25) is 0 Å². The van der Waals surface area contributed by atoms with E-state index in [1.165, 1.54) is 38.1 Å². The van der Waals surface area contributed by atoms with Crippen molar-refractivity contribution in [3.05, 3.63) is 24.2 Å². The van der Waals surface area contributed by atoms with Crippen LogP contribution < -0.4 is 5.32 Å². The molecular weight excluding hydrogens is 274 g/mol. The summed E-state index contributed by atoms with van der Waals surface area (Å²) >= 11 is 0. The van der Waals surface area contributed by atoms with E-state index >= 15 is 0 Å². The Hall–Kier alpha value is -1.46. The van der Waals surface area contributed by atoms with Crippen LogP contribution in [0, 0.1) is 0 Å². The number of hydrogen-bond donors (Lipinski definition) is 1. The monoisotopic (exact) mass is 299 g/mol. The van der Waals surface area contributed by atoms with Crippen molar-refractivity contribution in [2.45, 2.75) is 44.7 Å². The van der Waals surface area contributed by atoms with Crippen molar-refractivity contribution >= 4 is 11.2 Å². The predicted molar refractivity (Wildman–Crippen MR) is 87.9 cm³/mol. The Morgan fingerprint density at radius 1 is 1.27 bits per heavy atom. The molecule has 4 heterocycles. The number of nitrogens with one attached hydrogen (secondary N) is 1. The Labute approximate surface area is 131 Å². The summed E-state index contributed by atoms with van der Waals surface area (Å²) in [6, 6.07) is 4.10. The number of aromatic nitrogens is 3. The van der Waals surface area contributed by atoms with Crippen LogP contribution in [-0.2, 0) is 0 Å². The van der Waals surface area contributed by atoms with E-state index in [1.807, 2.05) is 12.3 Å². The van der Waals surface area contributed by atoms with Gasteiger partial charge in [0.25, 0.3) is 0 Å². The quantitative estimate of drug-likeness (QED) is 0.946. The highest BCUT2D eigenvalue weighted by atomic mass is 15.3. The van der Waals surface area contributed by atoms with Gasteiger partial charge in [0.05, 0.1) is 6.17 Å². The molecule has 22 heavy (non-hydrogen) atoms. The fourth-order valence-corrected chi connectivity index (χ4v) is 4.08. The highest BCUT2D eigenvalue weighted by Crippen LogP contribution is 2.35. The molecule has 4 rings (SSSR count). The summed E-state index contributed by atoms with van der Waals surface area (Å²) in [7, 11) is 0. The van der Waals surface area contributed by atoms with Crippen molar-refractivity contribution in [1.82, 2.24) is 24.8 Å². The van der Waals surface area contributed by atoms with Gasteiger partial charge < -0.3 is 5.32 Å². The largest absolute Gasteiger partial charge is 0.317 e. The van der Waals surface area contributed by atoms with Gasteiger partial charge in [0.1, 0.15) is 11.3 Å². The summed E-state index contributed by atoms with van der Waals surface area (Å²) in [6.45, 7) is 6.75. The number of imidazole rings is 1. The minimum absolute atomic E-state index is 0.440. The molecule has 1 N–H and O–H groups in total. The summed E-state index contributed by atoms with van der Waals surface area (Å²) in [5.41, 5.74) is 2.13. The molecule has 0 spiro atoms. The second kappa shape index (κ2) is 5.97. The second-order valence-electron chi connectivity index (χ2n) is 6.46. The Morgan fingerprint density at radius 3 is 2.95 bits per heavy atom. The third-order valence-electron chi connectivity index (χ3n) is 5.21. The SMILES string of the molecule is CCN1CCCC1n1c(C2CCNCC2)nc2cccnc21. The van der Waals surface area contributed by atoms with Crippen LogP contribution in [0.15, 0.2) is 18.3 Å². The van der Waals surface area contributed by atoms with E-state index in [0.717, 1.165) is 30.8 Å². The van der Waals surface area contributed by atoms with E-state index in [-0.39, 0.29) is 0 Å². The summed E-state index contributed by atoms with van der Waals surface area (Å²) in [5.74, 6) is 1.83. The number of rotatable bonds is 3. The highest BCUT2D eigenvalue weighted by molar-refractivity contribution is 5.71. The summed E-state index contributed by atoms with van der Waals surface area (Å²) in [6.07, 6.45) is 7.20. The molecule has 0 bridgehead atoms. The summed E-state index contributed by atoms with van der Waals surface area (Å²) in [5, 5.41) is 3.46. The second-order valence-corrected chi connectivity index (χ2v) is 6.46. The molecule has 2 aromatic rings. The minimum atomic E-state index is 0.440. The molecule has 0 aromatic carbocycles. The standard InChI is InChI=1S/C17H25N5/c1-2-21-12-4-6-15(21)22-16(13-7-10-18-11-8-13)20-14-5-3-9-19-17(14)22/h3,5,9,13,15,18H,2,4,6-8,10-12H2,1H3. The first-order valence-corrected chi connectivity index (χ1v) is 8.66. The van der Waals surface area contributed by atoms with Crippen molar-refractivity contribution in [1.29, 1.82) is 0 Å². The molecule has 2 aliphatic rings. The Kier molecular flexibility index (Phi) is 3.84. The van der Waals surface area contributed by atoms with Gasteiger partial charge in [-0.15, -0.1) is 0 Å². The fraction of sp³-hybridized carbons (Fsp3) is 0.647. The van der Waals surface area contributed by atoms with Gasteiger partial charge in [-0.1, -0.05) is 6.92 Å². The van der Waals surface area contributed by atoms with Crippen molar-refractivity contribution in [2.75, 3.05) is 26.2 Å². The molecule has 2 aliphatic heterocycles. The lowest BCUT2D eigenvalue weighted by Gasteiger charge is -2.29. The van der Waals surface area contributed by atoms with E-state index < -0.39 is 0 Å². The van der Waals surface area contributed by atoms with E-state index in [4.69, 9.17) is 4.98 Å². The molecule has 0 amide bonds. The smallest absolute Gasteiger partial charge is 0.161 e. The molecule has 0 radical (unpaired) electrons. The molecule has 1 unspecified atom stereocenters. The van der Waals surface area contributed by atoms with Crippen molar-refractivity contribution in [3.8, 4) is 0 Å². The third-order valence-corrected chi connectivity index (χ3v) is 5.21. The zero-order valence-electron chi connectivity index (χ0n) is 13.3. The fourth-order valence-electron chi connectivity index (χ4n) is 4.08. The molecule has 2 fully saturated rings. The van der Waals surface area contributed by atoms with Crippen LogP contribution in [0.1, 0.15) is 50.5 Å². The van der Waals surface area contributed by atoms with Crippen LogP contribution in [0.3, 0.4) is 0 Å². The first-order valence-electron chi connectivity index (χ1n) is 8.66. The number of pyridine rings is 1. The Bertz CT molecular complexity index is 644. The first kappa shape index (κ1) is 14.2. The summed E-state index contributed by atoms with van der Waals surface area (Å²) < 4.78 is 2.46. The average molecular weight is 299 g/mol. The van der Waals surface area contributed by atoms with Gasteiger partial charge in [0.2, 0.25) is 0 Å². The molecule has 5 heteroatoms. The maximum Gasteiger partial charge on any atom is 0.161 e. The maximum atomic E-state index is 5.00. The van der Waals surface area contributed by atoms with Gasteiger partial charge in [-0.2, -0.15) is 0 Å². The lowest BCUT2D eigenvalue weighted by Crippen LogP contribution is -2.32. The molecular formula is C17H25N5. The van der Waals surface area contributed by atoms with Gasteiger partial charge in [-0.25, -0.2) is 9.97 Å². The molecule has 118 valence electrons. The van der Waals surface area contributed by atoms with Gasteiger partial charge in [-0.3, -0.25) is 9.47 Å². The lowest BCUT2D eigenvalue weighted by atomic mass is 9.97. The van der Waals surface area contributed by atoms with E-state index in [0.29, 0.717) is 12.1 Å². The first-order chi connectivity index (χ1) is 10.9. The molecule has 0 aliphatic carbocycles. The van der Waals surface area contributed by atoms with Gasteiger partial charge in [-0.05, 0) is 57.5 Å². The zero-order valence-corrected chi connectivity index (χ0v) is 13.3. The zero-order chi connectivity index (χ0) is 14.9. The van der Waals surface area contributed by atoms with Crippen LogP contribution in [-0.4, -0.2) is 45.6 Å². The number of hydrogen-bond acceptors (Lipinski definition) is 4. The molecule has 2 aromatic heterocycles. The van der Waals surface area contributed by atoms with Gasteiger partial charge >= 0.3 is 0 Å². The Balaban J connectivity index is 1.82. The van der Waals surface area contributed by atoms with Gasteiger partial charge in [0.15, 0.2) is 5.65 Å². The highest BCUT2D eigenvalue weighted by Gasteiger charge is 2.31. The van der Waals surface area contributed by atoms with Crippen molar-refractivity contribution in [2.24, 2.45) is 0 Å². The maximum absolute atomic E-state index is 5.00. The molecule has 1 atom stereocenters. The van der Waals surface area contributed by atoms with Crippen LogP contribution in [0.5, 0.6) is 0 Å². The Morgan fingerprint density at radius 2 is 2.14 bits per heavy atom. The third kappa shape index (κ3) is 2.32. The molecule has 2 saturated heterocycles. The predicted octanol–water partition coefficient (Wildman–Crippen LogP) is 2.51. The molecule has 0 saturated carbocycles. The van der Waals surface area contributed by atoms with Crippen LogP contribution in [0.25, 0.3) is 11.2 Å². The summed E-state index contributed by atoms with van der Waals surface area (Å²) in [4.78, 5) is 12.2. The van der Waals surface area contributed by atoms with E-state index in [1.54, 1.807) is 0 Å². The normalized spacial score (nSPS) is 24.3. The topological polar surface area (TPSA) is 46.0 Å². The van der Waals surface area contributed by atoms with E-state index in [2.05, 4.69) is 32.8 Å². The number of nitrogens with zero attached hydrogens (tertiary/aromatic N) is 4. The van der Waals surface area contributed by atoms with Crippen molar-refractivity contribution in [3.63, 3.8) is 0 Å². The van der Waals surface area contributed by atoms with Gasteiger partial charge in [0, 0.05) is 18.7 Å². The minimum Gasteiger partial charge on any atom is -0.317 e. The number of likely N-dealkylation sites (tertiary alicyclic amines) is 1. The number of piperidine rings is 1. The van der Waals surface area contributed by atoms with Crippen LogP contribution in [0.4, 0.5) is 0 Å². The van der Waals surface area contributed by atoms with Crippen molar-refractivity contribution < 1.29 is 0 Å². The lowest BCUT2D eigenvalue weighted by molar-refractivity contribution is 0.199. The molecule has 5 nitrogen and oxygen atoms in total. The van der Waals surface area contributed by atoms with E-state index in [9.17, 15) is 0 Å². The number of fused-ring (bicyclic) bond motifs is 1.